The summed E-state index contributed by atoms with van der Waals surface area (Å²) in [6.07, 6.45) is 0.265. The molecule has 0 aliphatic rings. The normalized spacial score (nSPS) is 13.6. The minimum Gasteiger partial charge on any atom is -0.480 e. The number of carboxylic acid groups (broad SMARTS) is 1. The lowest BCUT2D eigenvalue weighted by Crippen LogP contribution is -2.45. The molecule has 0 aliphatic carbocycles. The molecule has 0 aromatic heterocycles. The van der Waals surface area contributed by atoms with Crippen LogP contribution in [0.25, 0.3) is 0 Å². The number of hydrogen-bond acceptors (Lipinski definition) is 3. The molecular weight excluding hydrogens is 246 g/mol. The van der Waals surface area contributed by atoms with E-state index < -0.39 is 12.0 Å². The van der Waals surface area contributed by atoms with Crippen molar-refractivity contribution in [1.82, 2.24) is 5.32 Å². The zero-order valence-electron chi connectivity index (χ0n) is 11.1. The molecule has 0 saturated heterocycles. The van der Waals surface area contributed by atoms with E-state index in [0.29, 0.717) is 0 Å². The van der Waals surface area contributed by atoms with Crippen LogP contribution >= 0.6 is 0 Å². The first kappa shape index (κ1) is 15.2. The van der Waals surface area contributed by atoms with Gasteiger partial charge in [0.25, 0.3) is 0 Å². The van der Waals surface area contributed by atoms with E-state index in [0.717, 1.165) is 5.56 Å². The molecule has 0 bridgehead atoms. The van der Waals surface area contributed by atoms with Crippen molar-refractivity contribution in [3.8, 4) is 0 Å². The van der Waals surface area contributed by atoms with E-state index in [2.05, 4.69) is 5.32 Å². The van der Waals surface area contributed by atoms with E-state index in [1.807, 2.05) is 30.3 Å². The molecule has 5 nitrogen and oxygen atoms in total. The highest BCUT2D eigenvalue weighted by Gasteiger charge is 2.23. The smallest absolute Gasteiger partial charge is 0.326 e. The number of rotatable bonds is 7. The summed E-state index contributed by atoms with van der Waals surface area (Å²) in [4.78, 5) is 23.0. The quantitative estimate of drug-likeness (QED) is 0.773. The van der Waals surface area contributed by atoms with E-state index >= 15 is 0 Å². The van der Waals surface area contributed by atoms with Gasteiger partial charge < -0.3 is 15.2 Å². The van der Waals surface area contributed by atoms with Crippen molar-refractivity contribution >= 4 is 11.9 Å². The number of carboxylic acids is 1. The minimum atomic E-state index is -1.04. The number of nitrogens with one attached hydrogen (secondary N) is 1. The number of benzene rings is 1. The fourth-order valence-corrected chi connectivity index (χ4v) is 1.69. The van der Waals surface area contributed by atoms with E-state index in [-0.39, 0.29) is 24.9 Å². The van der Waals surface area contributed by atoms with Crippen molar-refractivity contribution in [2.75, 3.05) is 13.7 Å². The Bertz CT molecular complexity index is 419. The van der Waals surface area contributed by atoms with Crippen LogP contribution in [0.1, 0.15) is 12.5 Å². The van der Waals surface area contributed by atoms with Crippen LogP contribution in [-0.2, 0) is 20.7 Å². The molecule has 0 saturated carbocycles. The van der Waals surface area contributed by atoms with Crippen molar-refractivity contribution < 1.29 is 19.4 Å². The molecule has 0 spiro atoms. The van der Waals surface area contributed by atoms with E-state index in [1.165, 1.54) is 7.11 Å². The van der Waals surface area contributed by atoms with Gasteiger partial charge in [-0.1, -0.05) is 37.3 Å². The van der Waals surface area contributed by atoms with Crippen molar-refractivity contribution in [2.24, 2.45) is 5.92 Å². The van der Waals surface area contributed by atoms with Crippen LogP contribution in [-0.4, -0.2) is 36.7 Å². The highest BCUT2D eigenvalue weighted by atomic mass is 16.5. The van der Waals surface area contributed by atoms with Gasteiger partial charge in [0.15, 0.2) is 0 Å². The monoisotopic (exact) mass is 265 g/mol. The Morgan fingerprint density at radius 3 is 2.47 bits per heavy atom. The SMILES string of the molecule is COCC(C)C(=O)N[C@H](Cc1ccccc1)C(=O)O. The molecule has 1 unspecified atom stereocenters. The van der Waals surface area contributed by atoms with Gasteiger partial charge >= 0.3 is 5.97 Å². The highest BCUT2D eigenvalue weighted by molar-refractivity contribution is 5.85. The molecule has 5 heteroatoms. The Labute approximate surface area is 112 Å². The molecule has 1 rings (SSSR count). The second-order valence-electron chi connectivity index (χ2n) is 4.45. The Kier molecular flexibility index (Phi) is 6.02. The summed E-state index contributed by atoms with van der Waals surface area (Å²) in [5.41, 5.74) is 0.870. The summed E-state index contributed by atoms with van der Waals surface area (Å²) in [5, 5.41) is 11.7. The molecule has 19 heavy (non-hydrogen) atoms. The summed E-state index contributed by atoms with van der Waals surface area (Å²) >= 11 is 0. The third kappa shape index (κ3) is 5.09. The molecule has 0 radical (unpaired) electrons. The van der Waals surface area contributed by atoms with E-state index in [9.17, 15) is 9.59 Å². The molecule has 1 aromatic rings. The molecule has 1 amide bonds. The van der Waals surface area contributed by atoms with Gasteiger partial charge in [-0.15, -0.1) is 0 Å². The molecule has 1 aromatic carbocycles. The first-order chi connectivity index (χ1) is 9.04. The molecule has 0 fully saturated rings. The van der Waals surface area contributed by atoms with Gasteiger partial charge in [-0.3, -0.25) is 4.79 Å². The van der Waals surface area contributed by atoms with E-state index in [4.69, 9.17) is 9.84 Å². The zero-order valence-corrected chi connectivity index (χ0v) is 11.1. The van der Waals surface area contributed by atoms with Crippen molar-refractivity contribution in [3.05, 3.63) is 35.9 Å². The first-order valence-electron chi connectivity index (χ1n) is 6.10. The number of ether oxygens (including phenoxy) is 1. The minimum absolute atomic E-state index is 0.265. The van der Waals surface area contributed by atoms with Crippen LogP contribution in [0.3, 0.4) is 0 Å². The summed E-state index contributed by atoms with van der Waals surface area (Å²) in [6, 6.07) is 8.28. The number of aliphatic carboxylic acids is 1. The second kappa shape index (κ2) is 7.53. The second-order valence-corrected chi connectivity index (χ2v) is 4.45. The highest BCUT2D eigenvalue weighted by Crippen LogP contribution is 2.05. The maximum atomic E-state index is 11.8. The molecule has 0 heterocycles. The predicted molar refractivity (Wildman–Crippen MR) is 70.8 cm³/mol. The fraction of sp³-hybridized carbons (Fsp3) is 0.429. The molecular formula is C14H19NO4. The van der Waals surface area contributed by atoms with Crippen LogP contribution in [0.5, 0.6) is 0 Å². The summed E-state index contributed by atoms with van der Waals surface area (Å²) < 4.78 is 4.88. The summed E-state index contributed by atoms with van der Waals surface area (Å²) in [6.45, 7) is 1.96. The molecule has 2 N–H and O–H groups in total. The number of carbonyl (C=O) groups is 2. The lowest BCUT2D eigenvalue weighted by molar-refractivity contribution is -0.142. The average Bonchev–Trinajstić information content (AvgIpc) is 2.39. The fourth-order valence-electron chi connectivity index (χ4n) is 1.69. The Morgan fingerprint density at radius 2 is 1.95 bits per heavy atom. The van der Waals surface area contributed by atoms with Gasteiger partial charge in [0.2, 0.25) is 5.91 Å². The standard InChI is InChI=1S/C14H19NO4/c1-10(9-19-2)13(16)15-12(14(17)18)8-11-6-4-3-5-7-11/h3-7,10,12H,8-9H2,1-2H3,(H,15,16)(H,17,18)/t10?,12-/m1/s1. The third-order valence-electron chi connectivity index (χ3n) is 2.76. The molecule has 2 atom stereocenters. The molecule has 0 aliphatic heterocycles. The third-order valence-corrected chi connectivity index (χ3v) is 2.76. The summed E-state index contributed by atoms with van der Waals surface area (Å²) in [5.74, 6) is -1.73. The van der Waals surface area contributed by atoms with Gasteiger partial charge in [-0.2, -0.15) is 0 Å². The zero-order chi connectivity index (χ0) is 14.3. The number of methoxy groups -OCH3 is 1. The van der Waals surface area contributed by atoms with E-state index in [1.54, 1.807) is 6.92 Å². The maximum Gasteiger partial charge on any atom is 0.326 e. The topological polar surface area (TPSA) is 75.6 Å². The van der Waals surface area contributed by atoms with Gasteiger partial charge in [0.1, 0.15) is 6.04 Å². The predicted octanol–water partition coefficient (Wildman–Crippen LogP) is 1.08. The largest absolute Gasteiger partial charge is 0.480 e. The van der Waals surface area contributed by atoms with Crippen molar-refractivity contribution in [1.29, 1.82) is 0 Å². The van der Waals surface area contributed by atoms with Crippen LogP contribution < -0.4 is 5.32 Å². The summed E-state index contributed by atoms with van der Waals surface area (Å²) in [7, 11) is 1.50. The Balaban J connectivity index is 2.64. The van der Waals surface area contributed by atoms with Gasteiger partial charge in [-0.25, -0.2) is 4.79 Å². The Hall–Kier alpha value is -1.88. The molecule has 104 valence electrons. The lowest BCUT2D eigenvalue weighted by atomic mass is 10.0. The van der Waals surface area contributed by atoms with Gasteiger partial charge in [0, 0.05) is 13.5 Å². The van der Waals surface area contributed by atoms with Crippen LogP contribution in [0.4, 0.5) is 0 Å². The van der Waals surface area contributed by atoms with Gasteiger partial charge in [0.05, 0.1) is 12.5 Å². The van der Waals surface area contributed by atoms with Crippen molar-refractivity contribution in [2.45, 2.75) is 19.4 Å². The van der Waals surface area contributed by atoms with Crippen LogP contribution in [0.15, 0.2) is 30.3 Å². The number of amides is 1. The number of carbonyl (C=O) groups excluding carboxylic acids is 1. The van der Waals surface area contributed by atoms with Crippen LogP contribution in [0.2, 0.25) is 0 Å². The Morgan fingerprint density at radius 1 is 1.32 bits per heavy atom. The number of hydrogen-bond donors (Lipinski definition) is 2. The van der Waals surface area contributed by atoms with Crippen molar-refractivity contribution in [3.63, 3.8) is 0 Å². The van der Waals surface area contributed by atoms with Crippen LogP contribution in [0, 0.1) is 5.92 Å². The lowest BCUT2D eigenvalue weighted by Gasteiger charge is -2.17. The maximum absolute atomic E-state index is 11.8. The van der Waals surface area contributed by atoms with Gasteiger partial charge in [-0.05, 0) is 5.56 Å². The average molecular weight is 265 g/mol. The first-order valence-corrected chi connectivity index (χ1v) is 6.10.